The van der Waals surface area contributed by atoms with Crippen molar-refractivity contribution in [1.82, 2.24) is 4.90 Å². The van der Waals surface area contributed by atoms with Gasteiger partial charge in [0.15, 0.2) is 0 Å². The van der Waals surface area contributed by atoms with Crippen molar-refractivity contribution in [2.45, 2.75) is 6.54 Å². The summed E-state index contributed by atoms with van der Waals surface area (Å²) in [6.07, 6.45) is 0. The number of hydrogen-bond donors (Lipinski definition) is 0. The Balaban J connectivity index is 2.26. The minimum atomic E-state index is -0.577. The van der Waals surface area contributed by atoms with Crippen molar-refractivity contribution in [2.75, 3.05) is 14.2 Å². The average Bonchev–Trinajstić information content (AvgIpc) is 2.54. The fraction of sp³-hybridized carbons (Fsp3) is 0.188. The molecule has 0 aromatic heterocycles. The average molecular weight is 300 g/mol. The second-order valence-corrected chi connectivity index (χ2v) is 4.79. The van der Waals surface area contributed by atoms with Crippen LogP contribution in [0.25, 0.3) is 0 Å². The summed E-state index contributed by atoms with van der Waals surface area (Å²) in [5.41, 5.74) is 0.739. The van der Waals surface area contributed by atoms with Crippen LogP contribution in [0.1, 0.15) is 15.9 Å². The predicted octanol–water partition coefficient (Wildman–Crippen LogP) is 2.88. The van der Waals surface area contributed by atoms with Crippen LogP contribution in [0.4, 0.5) is 5.69 Å². The lowest BCUT2D eigenvalue weighted by molar-refractivity contribution is -0.385. The molecule has 1 amide bonds. The number of rotatable bonds is 5. The number of nitrogens with zero attached hydrogens (tertiary/aromatic N) is 2. The van der Waals surface area contributed by atoms with Gasteiger partial charge in [-0.25, -0.2) is 0 Å². The van der Waals surface area contributed by atoms with Crippen molar-refractivity contribution in [3.8, 4) is 5.75 Å². The molecule has 0 saturated heterocycles. The van der Waals surface area contributed by atoms with Gasteiger partial charge in [0.1, 0.15) is 11.3 Å². The maximum atomic E-state index is 12.5. The standard InChI is InChI=1S/C16H16N2O4/c1-17(11-12-6-4-3-5-7-12)16(19)14-9-8-13(22-2)10-15(14)18(20)21/h3-10H,11H2,1-2H3. The van der Waals surface area contributed by atoms with Crippen molar-refractivity contribution < 1.29 is 14.5 Å². The Hall–Kier alpha value is -2.89. The van der Waals surface area contributed by atoms with Crippen LogP contribution in [0.3, 0.4) is 0 Å². The molecular weight excluding hydrogens is 284 g/mol. The number of benzene rings is 2. The number of nitro groups is 1. The summed E-state index contributed by atoms with van der Waals surface area (Å²) in [7, 11) is 3.03. The van der Waals surface area contributed by atoms with Crippen molar-refractivity contribution in [3.05, 3.63) is 69.8 Å². The van der Waals surface area contributed by atoms with E-state index >= 15 is 0 Å². The number of ether oxygens (including phenoxy) is 1. The normalized spacial score (nSPS) is 10.1. The predicted molar refractivity (Wildman–Crippen MR) is 81.9 cm³/mol. The van der Waals surface area contributed by atoms with Crippen molar-refractivity contribution in [3.63, 3.8) is 0 Å². The molecule has 0 aliphatic carbocycles. The van der Waals surface area contributed by atoms with E-state index < -0.39 is 10.8 Å². The molecule has 0 N–H and O–H groups in total. The van der Waals surface area contributed by atoms with Gasteiger partial charge in [-0.3, -0.25) is 14.9 Å². The zero-order valence-electron chi connectivity index (χ0n) is 12.4. The van der Waals surface area contributed by atoms with E-state index in [0.29, 0.717) is 12.3 Å². The minimum absolute atomic E-state index is 0.0456. The molecule has 0 heterocycles. The number of hydrogen-bond acceptors (Lipinski definition) is 4. The maximum absolute atomic E-state index is 12.5. The first-order valence-corrected chi connectivity index (χ1v) is 6.64. The minimum Gasteiger partial charge on any atom is -0.497 e. The van der Waals surface area contributed by atoms with E-state index in [2.05, 4.69) is 0 Å². The second-order valence-electron chi connectivity index (χ2n) is 4.79. The van der Waals surface area contributed by atoms with Crippen LogP contribution in [0, 0.1) is 10.1 Å². The van der Waals surface area contributed by atoms with Crippen LogP contribution in [0.5, 0.6) is 5.75 Å². The second kappa shape index (κ2) is 6.71. The van der Waals surface area contributed by atoms with E-state index in [4.69, 9.17) is 4.74 Å². The molecule has 0 aliphatic heterocycles. The summed E-state index contributed by atoms with van der Waals surface area (Å²) in [5.74, 6) is -0.0628. The zero-order valence-corrected chi connectivity index (χ0v) is 12.4. The van der Waals surface area contributed by atoms with Crippen LogP contribution in [0.15, 0.2) is 48.5 Å². The van der Waals surface area contributed by atoms with E-state index in [0.717, 1.165) is 5.56 Å². The Kier molecular flexibility index (Phi) is 4.73. The van der Waals surface area contributed by atoms with Crippen LogP contribution in [-0.4, -0.2) is 29.9 Å². The van der Waals surface area contributed by atoms with Gasteiger partial charge in [-0.15, -0.1) is 0 Å². The molecule has 2 aromatic carbocycles. The summed E-state index contributed by atoms with van der Waals surface area (Å²) in [6.45, 7) is 0.378. The van der Waals surface area contributed by atoms with Crippen LogP contribution in [0.2, 0.25) is 0 Å². The third-order valence-corrected chi connectivity index (χ3v) is 3.24. The fourth-order valence-corrected chi connectivity index (χ4v) is 2.11. The third kappa shape index (κ3) is 3.41. The van der Waals surface area contributed by atoms with Gasteiger partial charge in [-0.1, -0.05) is 30.3 Å². The molecule has 6 heteroatoms. The van der Waals surface area contributed by atoms with Crippen LogP contribution in [-0.2, 0) is 6.54 Å². The van der Waals surface area contributed by atoms with Gasteiger partial charge in [0.05, 0.1) is 18.1 Å². The quantitative estimate of drug-likeness (QED) is 0.628. The van der Waals surface area contributed by atoms with Crippen molar-refractivity contribution >= 4 is 11.6 Å². The lowest BCUT2D eigenvalue weighted by Crippen LogP contribution is -2.26. The monoisotopic (exact) mass is 300 g/mol. The van der Waals surface area contributed by atoms with Crippen LogP contribution < -0.4 is 4.74 Å². The number of carbonyl (C=O) groups excluding carboxylic acids is 1. The van der Waals surface area contributed by atoms with Gasteiger partial charge < -0.3 is 9.64 Å². The SMILES string of the molecule is COc1ccc(C(=O)N(C)Cc2ccccc2)c([N+](=O)[O-])c1. The van der Waals surface area contributed by atoms with Gasteiger partial charge in [-0.2, -0.15) is 0 Å². The molecule has 114 valence electrons. The molecule has 0 unspecified atom stereocenters. The fourth-order valence-electron chi connectivity index (χ4n) is 2.11. The number of methoxy groups -OCH3 is 1. The number of carbonyl (C=O) groups is 1. The Labute approximate surface area is 128 Å². The highest BCUT2D eigenvalue weighted by Crippen LogP contribution is 2.25. The zero-order chi connectivity index (χ0) is 16.1. The molecule has 22 heavy (non-hydrogen) atoms. The smallest absolute Gasteiger partial charge is 0.285 e. The van der Waals surface area contributed by atoms with Gasteiger partial charge in [0.25, 0.3) is 11.6 Å². The largest absolute Gasteiger partial charge is 0.497 e. The first-order valence-electron chi connectivity index (χ1n) is 6.64. The molecule has 0 atom stereocenters. The Morgan fingerprint density at radius 3 is 2.50 bits per heavy atom. The number of amides is 1. The Bertz CT molecular complexity index is 686. The van der Waals surface area contributed by atoms with E-state index in [1.54, 1.807) is 7.05 Å². The molecule has 2 aromatic rings. The van der Waals surface area contributed by atoms with Gasteiger partial charge in [0.2, 0.25) is 0 Å². The van der Waals surface area contributed by atoms with Crippen molar-refractivity contribution in [1.29, 1.82) is 0 Å². The molecular formula is C16H16N2O4. The topological polar surface area (TPSA) is 72.7 Å². The maximum Gasteiger partial charge on any atom is 0.285 e. The first kappa shape index (κ1) is 15.5. The summed E-state index contributed by atoms with van der Waals surface area (Å²) >= 11 is 0. The van der Waals surface area contributed by atoms with Crippen LogP contribution >= 0.6 is 0 Å². The summed E-state index contributed by atoms with van der Waals surface area (Å²) in [5, 5.41) is 11.2. The molecule has 0 bridgehead atoms. The molecule has 6 nitrogen and oxygen atoms in total. The van der Waals surface area contributed by atoms with E-state index in [9.17, 15) is 14.9 Å². The van der Waals surface area contributed by atoms with Gasteiger partial charge in [-0.05, 0) is 17.7 Å². The molecule has 0 saturated carbocycles. The lowest BCUT2D eigenvalue weighted by atomic mass is 10.1. The highest BCUT2D eigenvalue weighted by atomic mass is 16.6. The van der Waals surface area contributed by atoms with E-state index in [1.165, 1.54) is 30.2 Å². The van der Waals surface area contributed by atoms with Gasteiger partial charge >= 0.3 is 0 Å². The lowest BCUT2D eigenvalue weighted by Gasteiger charge is -2.17. The summed E-state index contributed by atoms with van der Waals surface area (Å²) in [6, 6.07) is 13.6. The molecule has 0 fully saturated rings. The highest BCUT2D eigenvalue weighted by molar-refractivity contribution is 5.98. The summed E-state index contributed by atoms with van der Waals surface area (Å²) in [4.78, 5) is 24.5. The first-order chi connectivity index (χ1) is 10.5. The Morgan fingerprint density at radius 1 is 1.23 bits per heavy atom. The molecule has 0 aliphatic rings. The Morgan fingerprint density at radius 2 is 1.91 bits per heavy atom. The molecule has 0 radical (unpaired) electrons. The van der Waals surface area contributed by atoms with E-state index in [1.807, 2.05) is 30.3 Å². The summed E-state index contributed by atoms with van der Waals surface area (Å²) < 4.78 is 4.97. The van der Waals surface area contributed by atoms with Crippen molar-refractivity contribution in [2.24, 2.45) is 0 Å². The third-order valence-electron chi connectivity index (χ3n) is 3.24. The molecule has 0 spiro atoms. The van der Waals surface area contributed by atoms with E-state index in [-0.39, 0.29) is 11.3 Å². The van der Waals surface area contributed by atoms with Gasteiger partial charge in [0, 0.05) is 13.6 Å². The molecule has 2 rings (SSSR count). The number of nitro benzene ring substituents is 1. The highest BCUT2D eigenvalue weighted by Gasteiger charge is 2.23.